The van der Waals surface area contributed by atoms with Crippen LogP contribution >= 0.6 is 0 Å². The molecule has 1 aliphatic carbocycles. The standard InChI is InChI=1S/C12H21NO/c1-9-11(8-12(14)13-9)10-6-4-2-3-5-7-10/h9-11H,2-8H2,1H3,(H,13,14). The van der Waals surface area contributed by atoms with Gasteiger partial charge in [-0.2, -0.15) is 0 Å². The average molecular weight is 195 g/mol. The molecule has 0 radical (unpaired) electrons. The number of hydrogen-bond acceptors (Lipinski definition) is 1. The van der Waals surface area contributed by atoms with E-state index < -0.39 is 0 Å². The third kappa shape index (κ3) is 2.10. The largest absolute Gasteiger partial charge is 0.353 e. The van der Waals surface area contributed by atoms with Crippen molar-refractivity contribution in [1.29, 1.82) is 0 Å². The Hall–Kier alpha value is -0.530. The Bertz CT molecular complexity index is 206. The van der Waals surface area contributed by atoms with Gasteiger partial charge in [-0.1, -0.05) is 38.5 Å². The lowest BCUT2D eigenvalue weighted by atomic mass is 9.82. The van der Waals surface area contributed by atoms with Crippen molar-refractivity contribution >= 4 is 5.91 Å². The fourth-order valence-corrected chi connectivity index (χ4v) is 3.12. The second kappa shape index (κ2) is 4.33. The summed E-state index contributed by atoms with van der Waals surface area (Å²) in [5.41, 5.74) is 0. The highest BCUT2D eigenvalue weighted by atomic mass is 16.1. The maximum absolute atomic E-state index is 11.3. The molecule has 2 rings (SSSR count). The normalized spacial score (nSPS) is 35.4. The summed E-state index contributed by atoms with van der Waals surface area (Å²) in [6.07, 6.45) is 9.04. The Morgan fingerprint density at radius 3 is 2.29 bits per heavy atom. The lowest BCUT2D eigenvalue weighted by Crippen LogP contribution is -2.28. The molecule has 1 aliphatic heterocycles. The smallest absolute Gasteiger partial charge is 0.220 e. The molecule has 1 amide bonds. The predicted molar refractivity (Wildman–Crippen MR) is 56.9 cm³/mol. The maximum Gasteiger partial charge on any atom is 0.220 e. The van der Waals surface area contributed by atoms with Crippen molar-refractivity contribution in [3.05, 3.63) is 0 Å². The molecule has 80 valence electrons. The van der Waals surface area contributed by atoms with E-state index in [1.165, 1.54) is 38.5 Å². The van der Waals surface area contributed by atoms with E-state index in [0.29, 0.717) is 12.0 Å². The average Bonchev–Trinajstić information content (AvgIpc) is 2.43. The molecule has 2 nitrogen and oxygen atoms in total. The molecule has 1 saturated carbocycles. The molecule has 2 heteroatoms. The summed E-state index contributed by atoms with van der Waals surface area (Å²) in [7, 11) is 0. The summed E-state index contributed by atoms with van der Waals surface area (Å²) in [4.78, 5) is 11.3. The van der Waals surface area contributed by atoms with E-state index in [9.17, 15) is 4.79 Å². The van der Waals surface area contributed by atoms with Crippen molar-refractivity contribution in [2.24, 2.45) is 11.8 Å². The van der Waals surface area contributed by atoms with Crippen LogP contribution in [0.4, 0.5) is 0 Å². The Balaban J connectivity index is 1.95. The highest BCUT2D eigenvalue weighted by molar-refractivity contribution is 5.78. The number of carbonyl (C=O) groups excluding carboxylic acids is 1. The number of rotatable bonds is 1. The Morgan fingerprint density at radius 1 is 1.14 bits per heavy atom. The van der Waals surface area contributed by atoms with Gasteiger partial charge in [-0.05, 0) is 18.8 Å². The molecule has 0 aromatic carbocycles. The van der Waals surface area contributed by atoms with Crippen molar-refractivity contribution < 1.29 is 4.79 Å². The van der Waals surface area contributed by atoms with Gasteiger partial charge in [0.05, 0.1) is 0 Å². The van der Waals surface area contributed by atoms with E-state index in [4.69, 9.17) is 0 Å². The molecule has 0 spiro atoms. The van der Waals surface area contributed by atoms with Crippen LogP contribution < -0.4 is 5.32 Å². The summed E-state index contributed by atoms with van der Waals surface area (Å²) < 4.78 is 0. The third-order valence-electron chi connectivity index (χ3n) is 3.96. The maximum atomic E-state index is 11.3. The summed E-state index contributed by atoms with van der Waals surface area (Å²) in [6.45, 7) is 2.17. The minimum Gasteiger partial charge on any atom is -0.353 e. The van der Waals surface area contributed by atoms with Gasteiger partial charge in [0, 0.05) is 12.5 Å². The SMILES string of the molecule is CC1NC(=O)CC1C1CCCCCC1. The Labute approximate surface area is 86.5 Å². The van der Waals surface area contributed by atoms with E-state index >= 15 is 0 Å². The van der Waals surface area contributed by atoms with E-state index in [-0.39, 0.29) is 5.91 Å². The van der Waals surface area contributed by atoms with Crippen LogP contribution in [-0.4, -0.2) is 11.9 Å². The van der Waals surface area contributed by atoms with Crippen LogP contribution in [0.2, 0.25) is 0 Å². The molecule has 0 aromatic heterocycles. The fraction of sp³-hybridized carbons (Fsp3) is 0.917. The first-order chi connectivity index (χ1) is 6.77. The number of amides is 1. The first-order valence-corrected chi connectivity index (χ1v) is 6.07. The second-order valence-corrected chi connectivity index (χ2v) is 4.98. The summed E-state index contributed by atoms with van der Waals surface area (Å²) in [5.74, 6) is 1.71. The number of hydrogen-bond donors (Lipinski definition) is 1. The van der Waals surface area contributed by atoms with Gasteiger partial charge >= 0.3 is 0 Å². The van der Waals surface area contributed by atoms with Crippen LogP contribution in [0.1, 0.15) is 51.9 Å². The number of nitrogens with one attached hydrogen (secondary N) is 1. The zero-order valence-corrected chi connectivity index (χ0v) is 9.09. The van der Waals surface area contributed by atoms with Crippen molar-refractivity contribution in [3.63, 3.8) is 0 Å². The van der Waals surface area contributed by atoms with Gasteiger partial charge in [-0.25, -0.2) is 0 Å². The quantitative estimate of drug-likeness (QED) is 0.640. The molecule has 1 heterocycles. The molecular formula is C12H21NO. The van der Waals surface area contributed by atoms with E-state index in [1.54, 1.807) is 0 Å². The first kappa shape index (κ1) is 10.0. The predicted octanol–water partition coefficient (Wildman–Crippen LogP) is 2.48. The third-order valence-corrected chi connectivity index (χ3v) is 3.96. The molecule has 1 saturated heterocycles. The monoisotopic (exact) mass is 195 g/mol. The summed E-state index contributed by atoms with van der Waals surface area (Å²) in [5, 5.41) is 3.05. The molecule has 2 aliphatic rings. The molecule has 0 bridgehead atoms. The van der Waals surface area contributed by atoms with Crippen LogP contribution in [0.25, 0.3) is 0 Å². The van der Waals surface area contributed by atoms with Crippen LogP contribution in [0.15, 0.2) is 0 Å². The van der Waals surface area contributed by atoms with Crippen LogP contribution in [0.5, 0.6) is 0 Å². The zero-order valence-electron chi connectivity index (χ0n) is 9.09. The first-order valence-electron chi connectivity index (χ1n) is 6.07. The van der Waals surface area contributed by atoms with Crippen LogP contribution in [0, 0.1) is 11.8 Å². The molecule has 0 aromatic rings. The van der Waals surface area contributed by atoms with Gasteiger partial charge in [0.1, 0.15) is 0 Å². The van der Waals surface area contributed by atoms with Crippen molar-refractivity contribution in [1.82, 2.24) is 5.32 Å². The lowest BCUT2D eigenvalue weighted by molar-refractivity contribution is -0.119. The van der Waals surface area contributed by atoms with Crippen molar-refractivity contribution in [3.8, 4) is 0 Å². The van der Waals surface area contributed by atoms with Gasteiger partial charge in [0.15, 0.2) is 0 Å². The minimum absolute atomic E-state index is 0.270. The Morgan fingerprint density at radius 2 is 1.79 bits per heavy atom. The van der Waals surface area contributed by atoms with Gasteiger partial charge in [-0.15, -0.1) is 0 Å². The van der Waals surface area contributed by atoms with Gasteiger partial charge in [-0.3, -0.25) is 4.79 Å². The van der Waals surface area contributed by atoms with Crippen molar-refractivity contribution in [2.75, 3.05) is 0 Å². The van der Waals surface area contributed by atoms with E-state index in [0.717, 1.165) is 12.3 Å². The molecule has 2 atom stereocenters. The zero-order chi connectivity index (χ0) is 9.97. The molecular weight excluding hydrogens is 174 g/mol. The highest BCUT2D eigenvalue weighted by Crippen LogP contribution is 2.34. The van der Waals surface area contributed by atoms with E-state index in [1.807, 2.05) is 0 Å². The van der Waals surface area contributed by atoms with Gasteiger partial charge < -0.3 is 5.32 Å². The summed E-state index contributed by atoms with van der Waals surface area (Å²) in [6, 6.07) is 0.422. The lowest BCUT2D eigenvalue weighted by Gasteiger charge is -2.24. The van der Waals surface area contributed by atoms with E-state index in [2.05, 4.69) is 12.2 Å². The second-order valence-electron chi connectivity index (χ2n) is 4.98. The van der Waals surface area contributed by atoms with Crippen LogP contribution in [0.3, 0.4) is 0 Å². The van der Waals surface area contributed by atoms with Gasteiger partial charge in [0.2, 0.25) is 5.91 Å². The Kier molecular flexibility index (Phi) is 3.09. The van der Waals surface area contributed by atoms with Crippen LogP contribution in [-0.2, 0) is 4.79 Å². The minimum atomic E-state index is 0.270. The summed E-state index contributed by atoms with van der Waals surface area (Å²) >= 11 is 0. The highest BCUT2D eigenvalue weighted by Gasteiger charge is 2.34. The molecule has 2 unspecified atom stereocenters. The fourth-order valence-electron chi connectivity index (χ4n) is 3.12. The van der Waals surface area contributed by atoms with Gasteiger partial charge in [0.25, 0.3) is 0 Å². The molecule has 1 N–H and O–H groups in total. The number of carbonyl (C=O) groups is 1. The molecule has 14 heavy (non-hydrogen) atoms. The van der Waals surface area contributed by atoms with Crippen molar-refractivity contribution in [2.45, 2.75) is 57.9 Å². The topological polar surface area (TPSA) is 29.1 Å². The molecule has 2 fully saturated rings.